The Hall–Kier alpha value is -3.45. The largest absolute Gasteiger partial charge is 0.490 e. The Morgan fingerprint density at radius 2 is 1.88 bits per heavy atom. The summed E-state index contributed by atoms with van der Waals surface area (Å²) in [5.74, 6) is 0.726. The third-order valence-electron chi connectivity index (χ3n) is 6.00. The van der Waals surface area contributed by atoms with E-state index < -0.39 is 5.97 Å². The summed E-state index contributed by atoms with van der Waals surface area (Å²) in [5.41, 5.74) is 2.81. The van der Waals surface area contributed by atoms with Gasteiger partial charge in [-0.3, -0.25) is 14.2 Å². The summed E-state index contributed by atoms with van der Waals surface area (Å²) >= 11 is 1.61. The molecule has 7 heteroatoms. The first-order valence-corrected chi connectivity index (χ1v) is 12.4. The van der Waals surface area contributed by atoms with Crippen LogP contribution in [0.15, 0.2) is 59.4 Å². The van der Waals surface area contributed by atoms with Crippen molar-refractivity contribution in [3.05, 3.63) is 81.0 Å². The highest BCUT2D eigenvalue weighted by molar-refractivity contribution is 7.18. The number of rotatable bonds is 7. The minimum absolute atomic E-state index is 0.103. The van der Waals surface area contributed by atoms with E-state index in [9.17, 15) is 9.59 Å². The van der Waals surface area contributed by atoms with Gasteiger partial charge in [0.2, 0.25) is 0 Å². The second-order valence-corrected chi connectivity index (χ2v) is 9.55. The van der Waals surface area contributed by atoms with Gasteiger partial charge >= 0.3 is 5.97 Å². The Balaban J connectivity index is 1.43. The van der Waals surface area contributed by atoms with Crippen molar-refractivity contribution < 1.29 is 14.3 Å². The zero-order chi connectivity index (χ0) is 23.5. The number of para-hydroxylation sites is 1. The van der Waals surface area contributed by atoms with Crippen molar-refractivity contribution in [2.24, 2.45) is 0 Å². The number of fused-ring (bicyclic) bond motifs is 3. The molecule has 0 fully saturated rings. The van der Waals surface area contributed by atoms with Crippen molar-refractivity contribution in [3.63, 3.8) is 0 Å². The standard InChI is InChI=1S/C27H26N2O4S/c1-18-8-7-9-19(16-18)25-28-26-24(21-12-5-6-13-22(21)34-26)27(31)29(25)17-23(30)33-15-14-32-20-10-3-2-4-11-20/h2-4,7-11,16H,5-6,12-15,17H2,1H3. The van der Waals surface area contributed by atoms with Crippen molar-refractivity contribution in [2.75, 3.05) is 13.2 Å². The molecule has 0 bridgehead atoms. The third-order valence-corrected chi connectivity index (χ3v) is 7.18. The van der Waals surface area contributed by atoms with Crippen LogP contribution in [0, 0.1) is 6.92 Å². The van der Waals surface area contributed by atoms with Gasteiger partial charge in [0.15, 0.2) is 0 Å². The van der Waals surface area contributed by atoms with E-state index in [4.69, 9.17) is 14.5 Å². The number of thiophene rings is 1. The van der Waals surface area contributed by atoms with Gasteiger partial charge in [0.05, 0.1) is 5.39 Å². The van der Waals surface area contributed by atoms with Crippen molar-refractivity contribution in [3.8, 4) is 17.1 Å². The molecule has 0 radical (unpaired) electrons. The zero-order valence-corrected chi connectivity index (χ0v) is 19.9. The van der Waals surface area contributed by atoms with Crippen molar-refractivity contribution in [1.82, 2.24) is 9.55 Å². The maximum Gasteiger partial charge on any atom is 0.326 e. The minimum atomic E-state index is -0.488. The maximum atomic E-state index is 13.7. The molecule has 6 nitrogen and oxygen atoms in total. The molecule has 4 aromatic rings. The fraction of sp³-hybridized carbons (Fsp3) is 0.296. The number of ether oxygens (including phenoxy) is 2. The molecule has 0 atom stereocenters. The highest BCUT2D eigenvalue weighted by Crippen LogP contribution is 2.34. The van der Waals surface area contributed by atoms with Crippen LogP contribution in [-0.4, -0.2) is 28.7 Å². The van der Waals surface area contributed by atoms with Gasteiger partial charge in [-0.2, -0.15) is 0 Å². The van der Waals surface area contributed by atoms with Gasteiger partial charge in [0.1, 0.15) is 36.2 Å². The Bertz CT molecular complexity index is 1390. The molecular weight excluding hydrogens is 448 g/mol. The molecule has 1 aliphatic rings. The maximum absolute atomic E-state index is 13.7. The van der Waals surface area contributed by atoms with E-state index in [0.29, 0.717) is 17.0 Å². The van der Waals surface area contributed by atoms with E-state index in [1.54, 1.807) is 11.3 Å². The molecule has 0 amide bonds. The summed E-state index contributed by atoms with van der Waals surface area (Å²) in [5, 5.41) is 0.663. The fourth-order valence-electron chi connectivity index (χ4n) is 4.40. The predicted octanol–water partition coefficient (Wildman–Crippen LogP) is 4.93. The number of benzene rings is 2. The highest BCUT2D eigenvalue weighted by Gasteiger charge is 2.23. The van der Waals surface area contributed by atoms with Crippen LogP contribution < -0.4 is 10.3 Å². The average Bonchev–Trinajstić information content (AvgIpc) is 3.23. The average molecular weight is 475 g/mol. The topological polar surface area (TPSA) is 70.4 Å². The molecule has 0 aliphatic heterocycles. The Morgan fingerprint density at radius 3 is 2.71 bits per heavy atom. The Kier molecular flexibility index (Phi) is 6.45. The molecule has 0 saturated carbocycles. The Morgan fingerprint density at radius 1 is 1.06 bits per heavy atom. The van der Waals surface area contributed by atoms with Crippen molar-refractivity contribution in [1.29, 1.82) is 0 Å². The van der Waals surface area contributed by atoms with Crippen LogP contribution in [0.25, 0.3) is 21.6 Å². The fourth-order valence-corrected chi connectivity index (χ4v) is 5.65. The molecule has 0 N–H and O–H groups in total. The van der Waals surface area contributed by atoms with E-state index in [-0.39, 0.29) is 25.3 Å². The number of hydrogen-bond acceptors (Lipinski definition) is 6. The number of aromatic nitrogens is 2. The van der Waals surface area contributed by atoms with Gasteiger partial charge in [-0.15, -0.1) is 11.3 Å². The number of carbonyl (C=O) groups is 1. The lowest BCUT2D eigenvalue weighted by molar-refractivity contribution is -0.145. The molecule has 2 aromatic heterocycles. The van der Waals surface area contributed by atoms with E-state index in [1.807, 2.05) is 61.5 Å². The van der Waals surface area contributed by atoms with E-state index in [2.05, 4.69) is 0 Å². The molecule has 5 rings (SSSR count). The second kappa shape index (κ2) is 9.81. The summed E-state index contributed by atoms with van der Waals surface area (Å²) in [7, 11) is 0. The van der Waals surface area contributed by atoms with Crippen LogP contribution >= 0.6 is 11.3 Å². The zero-order valence-electron chi connectivity index (χ0n) is 19.1. The normalized spacial score (nSPS) is 13.0. The quantitative estimate of drug-likeness (QED) is 0.280. The predicted molar refractivity (Wildman–Crippen MR) is 134 cm³/mol. The van der Waals surface area contributed by atoms with Crippen LogP contribution in [0.5, 0.6) is 5.75 Å². The van der Waals surface area contributed by atoms with Crippen molar-refractivity contribution in [2.45, 2.75) is 39.2 Å². The molecule has 2 heterocycles. The van der Waals surface area contributed by atoms with Crippen LogP contribution in [0.2, 0.25) is 0 Å². The molecule has 0 spiro atoms. The molecule has 2 aromatic carbocycles. The van der Waals surface area contributed by atoms with Gasteiger partial charge in [-0.1, -0.05) is 42.0 Å². The summed E-state index contributed by atoms with van der Waals surface area (Å²) in [4.78, 5) is 33.3. The molecule has 0 saturated heterocycles. The highest BCUT2D eigenvalue weighted by atomic mass is 32.1. The Labute approximate surface area is 201 Å². The van der Waals surface area contributed by atoms with Gasteiger partial charge < -0.3 is 9.47 Å². The molecule has 34 heavy (non-hydrogen) atoms. The number of aryl methyl sites for hydroxylation is 3. The molecule has 174 valence electrons. The van der Waals surface area contributed by atoms with Crippen LogP contribution in [0.3, 0.4) is 0 Å². The first kappa shape index (κ1) is 22.3. The van der Waals surface area contributed by atoms with E-state index in [1.165, 1.54) is 9.44 Å². The van der Waals surface area contributed by atoms with Gasteiger partial charge in [0, 0.05) is 10.4 Å². The first-order valence-electron chi connectivity index (χ1n) is 11.6. The lowest BCUT2D eigenvalue weighted by atomic mass is 9.97. The van der Waals surface area contributed by atoms with E-state index >= 15 is 0 Å². The third kappa shape index (κ3) is 4.61. The van der Waals surface area contributed by atoms with Gasteiger partial charge in [-0.05, 0) is 56.4 Å². The van der Waals surface area contributed by atoms with Gasteiger partial charge in [0.25, 0.3) is 5.56 Å². The SMILES string of the molecule is Cc1cccc(-c2nc3sc4c(c3c(=O)n2CC(=O)OCCOc2ccccc2)CCCC4)c1. The van der Waals surface area contributed by atoms with Crippen LogP contribution in [0.4, 0.5) is 0 Å². The summed E-state index contributed by atoms with van der Waals surface area (Å²) in [6.45, 7) is 2.15. The smallest absolute Gasteiger partial charge is 0.326 e. The van der Waals surface area contributed by atoms with Crippen LogP contribution in [0.1, 0.15) is 28.8 Å². The number of esters is 1. The lowest BCUT2D eigenvalue weighted by Gasteiger charge is -2.14. The van der Waals surface area contributed by atoms with Gasteiger partial charge in [-0.25, -0.2) is 4.98 Å². The summed E-state index contributed by atoms with van der Waals surface area (Å²) in [6.07, 6.45) is 4.08. The number of hydrogen-bond donors (Lipinski definition) is 0. The molecule has 1 aliphatic carbocycles. The first-order chi connectivity index (χ1) is 16.6. The minimum Gasteiger partial charge on any atom is -0.490 e. The summed E-state index contributed by atoms with van der Waals surface area (Å²) < 4.78 is 12.5. The summed E-state index contributed by atoms with van der Waals surface area (Å²) in [6, 6.07) is 17.2. The second-order valence-electron chi connectivity index (χ2n) is 8.47. The lowest BCUT2D eigenvalue weighted by Crippen LogP contribution is -2.29. The molecule has 0 unspecified atom stereocenters. The van der Waals surface area contributed by atoms with E-state index in [0.717, 1.165) is 47.2 Å². The monoisotopic (exact) mass is 474 g/mol. The number of carbonyl (C=O) groups excluding carboxylic acids is 1. The molecular formula is C27H26N2O4S. The number of nitrogens with zero attached hydrogens (tertiary/aromatic N) is 2. The van der Waals surface area contributed by atoms with Crippen molar-refractivity contribution >= 4 is 27.5 Å². The van der Waals surface area contributed by atoms with Crippen LogP contribution in [-0.2, 0) is 28.9 Å².